The van der Waals surface area contributed by atoms with Crippen molar-refractivity contribution in [3.8, 4) is 0 Å². The van der Waals surface area contributed by atoms with Crippen LogP contribution in [-0.4, -0.2) is 34.1 Å². The van der Waals surface area contributed by atoms with E-state index < -0.39 is 0 Å². The molecule has 0 atom stereocenters. The second-order valence-electron chi connectivity index (χ2n) is 3.31. The summed E-state index contributed by atoms with van der Waals surface area (Å²) in [6.45, 7) is 4.40. The van der Waals surface area contributed by atoms with Crippen LogP contribution in [-0.2, 0) is 0 Å². The first kappa shape index (κ1) is 9.58. The normalized spacial score (nSPS) is 16.3. The summed E-state index contributed by atoms with van der Waals surface area (Å²) in [5.41, 5.74) is 1.32. The van der Waals surface area contributed by atoms with Gasteiger partial charge in [-0.1, -0.05) is 5.16 Å². The summed E-state index contributed by atoms with van der Waals surface area (Å²) in [6, 6.07) is 0. The summed E-state index contributed by atoms with van der Waals surface area (Å²) >= 11 is 1.77. The SMILES string of the molecule is Cc1noc(C)c1C(=O)N1CCSC1. The first-order chi connectivity index (χ1) is 6.70. The largest absolute Gasteiger partial charge is 0.361 e. The molecule has 14 heavy (non-hydrogen) atoms. The van der Waals surface area contributed by atoms with E-state index in [-0.39, 0.29) is 5.91 Å². The van der Waals surface area contributed by atoms with Crippen LogP contribution in [0.15, 0.2) is 4.52 Å². The molecule has 0 aromatic carbocycles. The minimum atomic E-state index is 0.0475. The molecule has 1 aliphatic heterocycles. The van der Waals surface area contributed by atoms with Gasteiger partial charge < -0.3 is 9.42 Å². The molecule has 1 amide bonds. The number of amides is 1. The zero-order chi connectivity index (χ0) is 10.1. The Balaban J connectivity index is 2.25. The number of aromatic nitrogens is 1. The molecule has 1 saturated heterocycles. The van der Waals surface area contributed by atoms with Gasteiger partial charge in [0.05, 0.1) is 11.6 Å². The smallest absolute Gasteiger partial charge is 0.260 e. The molecular formula is C9H12N2O2S. The van der Waals surface area contributed by atoms with Crippen molar-refractivity contribution in [1.29, 1.82) is 0 Å². The molecule has 1 aliphatic rings. The molecule has 2 heterocycles. The first-order valence-corrected chi connectivity index (χ1v) is 5.65. The van der Waals surface area contributed by atoms with Crippen LogP contribution in [0.4, 0.5) is 0 Å². The van der Waals surface area contributed by atoms with Gasteiger partial charge in [0.15, 0.2) is 0 Å². The zero-order valence-corrected chi connectivity index (χ0v) is 9.06. The molecule has 0 radical (unpaired) electrons. The van der Waals surface area contributed by atoms with E-state index in [1.165, 1.54) is 0 Å². The maximum Gasteiger partial charge on any atom is 0.260 e. The summed E-state index contributed by atoms with van der Waals surface area (Å²) in [5.74, 6) is 2.47. The minimum Gasteiger partial charge on any atom is -0.361 e. The highest BCUT2D eigenvalue weighted by molar-refractivity contribution is 7.99. The van der Waals surface area contributed by atoms with Crippen LogP contribution >= 0.6 is 11.8 Å². The molecule has 0 spiro atoms. The molecule has 0 aliphatic carbocycles. The molecule has 76 valence electrons. The van der Waals surface area contributed by atoms with Crippen molar-refractivity contribution in [2.75, 3.05) is 18.2 Å². The summed E-state index contributed by atoms with van der Waals surface area (Å²) in [5, 5.41) is 3.78. The molecule has 0 N–H and O–H groups in total. The number of nitrogens with zero attached hydrogens (tertiary/aromatic N) is 2. The molecule has 0 saturated carbocycles. The van der Waals surface area contributed by atoms with Crippen molar-refractivity contribution < 1.29 is 9.32 Å². The van der Waals surface area contributed by atoms with Gasteiger partial charge >= 0.3 is 0 Å². The Kier molecular flexibility index (Phi) is 2.50. The van der Waals surface area contributed by atoms with Crippen LogP contribution in [0.25, 0.3) is 0 Å². The number of hydrogen-bond donors (Lipinski definition) is 0. The van der Waals surface area contributed by atoms with Gasteiger partial charge in [-0.2, -0.15) is 0 Å². The van der Waals surface area contributed by atoms with Crippen LogP contribution in [0.5, 0.6) is 0 Å². The molecule has 1 fully saturated rings. The van der Waals surface area contributed by atoms with Gasteiger partial charge in [0, 0.05) is 12.3 Å². The maximum absolute atomic E-state index is 12.0. The van der Waals surface area contributed by atoms with Crippen molar-refractivity contribution in [3.05, 3.63) is 17.0 Å². The minimum absolute atomic E-state index is 0.0475. The van der Waals surface area contributed by atoms with E-state index in [2.05, 4.69) is 5.16 Å². The summed E-state index contributed by atoms with van der Waals surface area (Å²) in [7, 11) is 0. The lowest BCUT2D eigenvalue weighted by Gasteiger charge is -2.13. The highest BCUT2D eigenvalue weighted by Crippen LogP contribution is 2.20. The molecule has 1 aromatic rings. The molecule has 2 rings (SSSR count). The Labute approximate surface area is 86.6 Å². The van der Waals surface area contributed by atoms with E-state index in [0.717, 1.165) is 18.2 Å². The van der Waals surface area contributed by atoms with Crippen LogP contribution in [0.2, 0.25) is 0 Å². The highest BCUT2D eigenvalue weighted by Gasteiger charge is 2.25. The quantitative estimate of drug-likeness (QED) is 0.706. The number of carbonyl (C=O) groups is 1. The number of hydrogen-bond acceptors (Lipinski definition) is 4. The fourth-order valence-electron chi connectivity index (χ4n) is 1.52. The van der Waals surface area contributed by atoms with Gasteiger partial charge in [-0.15, -0.1) is 11.8 Å². The fraction of sp³-hybridized carbons (Fsp3) is 0.556. The Morgan fingerprint density at radius 2 is 2.36 bits per heavy atom. The Hall–Kier alpha value is -0.970. The molecule has 0 unspecified atom stereocenters. The van der Waals surface area contributed by atoms with Crippen LogP contribution in [0.3, 0.4) is 0 Å². The number of thioether (sulfide) groups is 1. The fourth-order valence-corrected chi connectivity index (χ4v) is 2.47. The second kappa shape index (κ2) is 3.65. The number of rotatable bonds is 1. The summed E-state index contributed by atoms with van der Waals surface area (Å²) < 4.78 is 4.97. The van der Waals surface area contributed by atoms with E-state index >= 15 is 0 Å². The average molecular weight is 212 g/mol. The first-order valence-electron chi connectivity index (χ1n) is 4.50. The van der Waals surface area contributed by atoms with E-state index in [1.54, 1.807) is 25.6 Å². The van der Waals surface area contributed by atoms with Crippen molar-refractivity contribution in [2.24, 2.45) is 0 Å². The summed E-state index contributed by atoms with van der Waals surface area (Å²) in [6.07, 6.45) is 0. The predicted molar refractivity (Wildman–Crippen MR) is 54.3 cm³/mol. The highest BCUT2D eigenvalue weighted by atomic mass is 32.2. The van der Waals surface area contributed by atoms with Crippen LogP contribution in [0, 0.1) is 13.8 Å². The van der Waals surface area contributed by atoms with Gasteiger partial charge in [-0.25, -0.2) is 0 Å². The summed E-state index contributed by atoms with van der Waals surface area (Å²) in [4.78, 5) is 13.8. The third kappa shape index (κ3) is 1.52. The maximum atomic E-state index is 12.0. The van der Waals surface area contributed by atoms with E-state index in [0.29, 0.717) is 17.0 Å². The standard InChI is InChI=1S/C9H12N2O2S/c1-6-8(7(2)13-10-6)9(12)11-3-4-14-5-11/h3-5H2,1-2H3. The lowest BCUT2D eigenvalue weighted by atomic mass is 10.2. The molecule has 5 heteroatoms. The third-order valence-electron chi connectivity index (χ3n) is 2.29. The van der Waals surface area contributed by atoms with Gasteiger partial charge in [-0.05, 0) is 13.8 Å². The van der Waals surface area contributed by atoms with Gasteiger partial charge in [0.1, 0.15) is 11.3 Å². The van der Waals surface area contributed by atoms with Crippen LogP contribution < -0.4 is 0 Å². The molecule has 0 bridgehead atoms. The topological polar surface area (TPSA) is 46.3 Å². The van der Waals surface area contributed by atoms with E-state index in [1.807, 2.05) is 4.90 Å². The van der Waals surface area contributed by atoms with Gasteiger partial charge in [0.2, 0.25) is 0 Å². The number of aryl methyl sites for hydroxylation is 2. The monoisotopic (exact) mass is 212 g/mol. The number of carbonyl (C=O) groups excluding carboxylic acids is 1. The Morgan fingerprint density at radius 1 is 1.57 bits per heavy atom. The molecule has 4 nitrogen and oxygen atoms in total. The van der Waals surface area contributed by atoms with Crippen molar-refractivity contribution in [3.63, 3.8) is 0 Å². The molecule has 1 aromatic heterocycles. The van der Waals surface area contributed by atoms with E-state index in [9.17, 15) is 4.79 Å². The average Bonchev–Trinajstić information content (AvgIpc) is 2.75. The zero-order valence-electron chi connectivity index (χ0n) is 8.24. The van der Waals surface area contributed by atoms with Crippen molar-refractivity contribution in [2.45, 2.75) is 13.8 Å². The third-order valence-corrected chi connectivity index (χ3v) is 3.25. The van der Waals surface area contributed by atoms with E-state index in [4.69, 9.17) is 4.52 Å². The lowest BCUT2D eigenvalue weighted by Crippen LogP contribution is -2.28. The predicted octanol–water partition coefficient (Wildman–Crippen LogP) is 1.44. The van der Waals surface area contributed by atoms with Crippen molar-refractivity contribution in [1.82, 2.24) is 10.1 Å². The van der Waals surface area contributed by atoms with Gasteiger partial charge in [-0.3, -0.25) is 4.79 Å². The molecular weight excluding hydrogens is 200 g/mol. The van der Waals surface area contributed by atoms with Crippen LogP contribution in [0.1, 0.15) is 21.8 Å². The second-order valence-corrected chi connectivity index (χ2v) is 4.38. The lowest BCUT2D eigenvalue weighted by molar-refractivity contribution is 0.0800. The van der Waals surface area contributed by atoms with Crippen molar-refractivity contribution >= 4 is 17.7 Å². The van der Waals surface area contributed by atoms with Gasteiger partial charge in [0.25, 0.3) is 5.91 Å². The Morgan fingerprint density at radius 3 is 2.86 bits per heavy atom. The Bertz CT molecular complexity index is 336.